The molecule has 0 unspecified atom stereocenters. The predicted octanol–water partition coefficient (Wildman–Crippen LogP) is 1.89. The number of aromatic nitrogens is 4. The van der Waals surface area contributed by atoms with Gasteiger partial charge in [0, 0.05) is 36.6 Å². The second-order valence-corrected chi connectivity index (χ2v) is 7.98. The van der Waals surface area contributed by atoms with Gasteiger partial charge in [0.05, 0.1) is 17.8 Å². The zero-order chi connectivity index (χ0) is 24.8. The standard InChI is InChI=1S/C23H19N9O2S/c1-26-20(16(10-25)21(33)27-11-19-28-15(9-24)13-35-19)22(34)30-18-7-8-32-12-17(29-23(32)31-18)14-5-3-2-4-6-14/h2-8,10,12-13H,11,25H2,1H3,(H,27,33)(H,29,30,31,34). The fourth-order valence-corrected chi connectivity index (χ4v) is 3.83. The molecular formula is C23H19N9O2S. The molecule has 12 heteroatoms. The SMILES string of the molecule is CN=C(C(=O)Nc1ccn2cc(-c3ccccc3)nc2n1)C(=CN)C(=O)NCc1nc(C#N)cs1. The third kappa shape index (κ3) is 5.21. The van der Waals surface area contributed by atoms with Crippen LogP contribution >= 0.6 is 11.3 Å². The van der Waals surface area contributed by atoms with Gasteiger partial charge in [0.2, 0.25) is 5.78 Å². The lowest BCUT2D eigenvalue weighted by atomic mass is 10.1. The lowest BCUT2D eigenvalue weighted by Gasteiger charge is -2.10. The molecule has 4 N–H and O–H groups in total. The van der Waals surface area contributed by atoms with Gasteiger partial charge in [-0.15, -0.1) is 11.3 Å². The van der Waals surface area contributed by atoms with E-state index in [1.807, 2.05) is 42.6 Å². The molecule has 0 fully saturated rings. The molecule has 174 valence electrons. The number of carbonyl (C=O) groups is 2. The Balaban J connectivity index is 1.46. The summed E-state index contributed by atoms with van der Waals surface area (Å²) in [5.41, 5.74) is 7.30. The smallest absolute Gasteiger partial charge is 0.275 e. The zero-order valence-electron chi connectivity index (χ0n) is 18.5. The Hall–Kier alpha value is -4.89. The maximum atomic E-state index is 12.9. The molecule has 4 rings (SSSR count). The van der Waals surface area contributed by atoms with E-state index < -0.39 is 11.8 Å². The molecule has 0 aliphatic carbocycles. The minimum atomic E-state index is -0.660. The Labute approximate surface area is 203 Å². The van der Waals surface area contributed by atoms with E-state index in [0.717, 1.165) is 17.5 Å². The molecule has 3 heterocycles. The van der Waals surface area contributed by atoms with Crippen LogP contribution in [0.2, 0.25) is 0 Å². The van der Waals surface area contributed by atoms with Gasteiger partial charge in [-0.1, -0.05) is 30.3 Å². The minimum Gasteiger partial charge on any atom is -0.404 e. The van der Waals surface area contributed by atoms with Gasteiger partial charge < -0.3 is 16.4 Å². The van der Waals surface area contributed by atoms with E-state index in [0.29, 0.717) is 10.8 Å². The van der Waals surface area contributed by atoms with Crippen LogP contribution in [0.4, 0.5) is 5.82 Å². The molecule has 1 aromatic carbocycles. The first-order chi connectivity index (χ1) is 17.0. The van der Waals surface area contributed by atoms with Crippen molar-refractivity contribution in [1.29, 1.82) is 5.26 Å². The number of aliphatic imine (C=N–C) groups is 1. The summed E-state index contributed by atoms with van der Waals surface area (Å²) in [6.07, 6.45) is 4.57. The van der Waals surface area contributed by atoms with Crippen LogP contribution in [0.25, 0.3) is 17.0 Å². The molecule has 0 radical (unpaired) electrons. The highest BCUT2D eigenvalue weighted by Gasteiger charge is 2.23. The number of fused-ring (bicyclic) bond motifs is 1. The van der Waals surface area contributed by atoms with E-state index >= 15 is 0 Å². The van der Waals surface area contributed by atoms with Crippen molar-refractivity contribution in [2.75, 3.05) is 12.4 Å². The Kier molecular flexibility index (Phi) is 6.89. The van der Waals surface area contributed by atoms with Gasteiger partial charge in [0.1, 0.15) is 22.6 Å². The van der Waals surface area contributed by atoms with E-state index in [4.69, 9.17) is 11.0 Å². The molecule has 3 aromatic heterocycles. The number of benzene rings is 1. The summed E-state index contributed by atoms with van der Waals surface area (Å²) < 4.78 is 1.74. The summed E-state index contributed by atoms with van der Waals surface area (Å²) in [5.74, 6) is -0.644. The second-order valence-electron chi connectivity index (χ2n) is 7.04. The van der Waals surface area contributed by atoms with Gasteiger partial charge in [-0.05, 0) is 6.07 Å². The number of nitrogens with one attached hydrogen (secondary N) is 2. The largest absolute Gasteiger partial charge is 0.404 e. The topological polar surface area (TPSA) is 163 Å². The van der Waals surface area contributed by atoms with Gasteiger partial charge in [0.15, 0.2) is 5.69 Å². The Morgan fingerprint density at radius 2 is 2.00 bits per heavy atom. The predicted molar refractivity (Wildman–Crippen MR) is 131 cm³/mol. The molecule has 0 aliphatic rings. The van der Waals surface area contributed by atoms with Crippen LogP contribution < -0.4 is 16.4 Å². The van der Waals surface area contributed by atoms with Crippen molar-refractivity contribution in [3.8, 4) is 17.3 Å². The van der Waals surface area contributed by atoms with Crippen molar-refractivity contribution in [2.45, 2.75) is 6.54 Å². The molecule has 0 aliphatic heterocycles. The van der Waals surface area contributed by atoms with Gasteiger partial charge in [-0.25, -0.2) is 9.97 Å². The van der Waals surface area contributed by atoms with Crippen molar-refractivity contribution in [3.63, 3.8) is 0 Å². The van der Waals surface area contributed by atoms with Crippen LogP contribution in [-0.2, 0) is 16.1 Å². The average molecular weight is 486 g/mol. The van der Waals surface area contributed by atoms with Crippen molar-refractivity contribution in [2.24, 2.45) is 10.7 Å². The molecular weight excluding hydrogens is 466 g/mol. The minimum absolute atomic E-state index is 0.0724. The molecule has 2 amide bonds. The van der Waals surface area contributed by atoms with Crippen molar-refractivity contribution in [1.82, 2.24) is 24.7 Å². The number of hydrogen-bond acceptors (Lipinski definition) is 9. The van der Waals surface area contributed by atoms with E-state index in [1.165, 1.54) is 18.4 Å². The monoisotopic (exact) mass is 485 g/mol. The molecule has 35 heavy (non-hydrogen) atoms. The van der Waals surface area contributed by atoms with E-state index in [9.17, 15) is 9.59 Å². The quantitative estimate of drug-likeness (QED) is 0.266. The molecule has 0 saturated heterocycles. The van der Waals surface area contributed by atoms with Crippen molar-refractivity contribution >= 4 is 40.5 Å². The van der Waals surface area contributed by atoms with Crippen LogP contribution in [-0.4, -0.2) is 43.9 Å². The van der Waals surface area contributed by atoms with Crippen molar-refractivity contribution < 1.29 is 9.59 Å². The summed E-state index contributed by atoms with van der Waals surface area (Å²) in [5, 5.41) is 16.2. The highest BCUT2D eigenvalue weighted by atomic mass is 32.1. The van der Waals surface area contributed by atoms with Crippen LogP contribution in [0.1, 0.15) is 10.7 Å². The number of nitrogens with two attached hydrogens (primary N) is 1. The molecule has 4 aromatic rings. The molecule has 0 atom stereocenters. The zero-order valence-corrected chi connectivity index (χ0v) is 19.3. The first kappa shape index (κ1) is 23.3. The summed E-state index contributed by atoms with van der Waals surface area (Å²) in [6, 6.07) is 13.2. The normalized spacial score (nSPS) is 11.8. The first-order valence-corrected chi connectivity index (χ1v) is 11.1. The first-order valence-electron chi connectivity index (χ1n) is 10.3. The van der Waals surface area contributed by atoms with Crippen LogP contribution in [0.3, 0.4) is 0 Å². The average Bonchev–Trinajstić information content (AvgIpc) is 3.52. The molecule has 0 spiro atoms. The Morgan fingerprint density at radius 3 is 2.69 bits per heavy atom. The number of thiazole rings is 1. The van der Waals surface area contributed by atoms with E-state index in [2.05, 4.69) is 30.6 Å². The Bertz CT molecular complexity index is 1500. The third-order valence-corrected chi connectivity index (χ3v) is 5.66. The third-order valence-electron chi connectivity index (χ3n) is 4.81. The Morgan fingerprint density at radius 1 is 1.20 bits per heavy atom. The highest BCUT2D eigenvalue weighted by Crippen LogP contribution is 2.19. The fraction of sp³-hybridized carbons (Fsp3) is 0.0870. The summed E-state index contributed by atoms with van der Waals surface area (Å²) in [7, 11) is 1.38. The summed E-state index contributed by atoms with van der Waals surface area (Å²) in [4.78, 5) is 42.4. The number of imidazole rings is 1. The number of anilines is 1. The maximum Gasteiger partial charge on any atom is 0.275 e. The lowest BCUT2D eigenvalue weighted by molar-refractivity contribution is -0.117. The van der Waals surface area contributed by atoms with Gasteiger partial charge in [-0.2, -0.15) is 10.2 Å². The second kappa shape index (κ2) is 10.4. The highest BCUT2D eigenvalue weighted by molar-refractivity contribution is 7.09. The fourth-order valence-electron chi connectivity index (χ4n) is 3.17. The van der Waals surface area contributed by atoms with E-state index in [1.54, 1.807) is 22.0 Å². The lowest BCUT2D eigenvalue weighted by Crippen LogP contribution is -2.34. The number of nitrogens with zero attached hydrogens (tertiary/aromatic N) is 6. The molecule has 0 bridgehead atoms. The van der Waals surface area contributed by atoms with Crippen molar-refractivity contribution in [3.05, 3.63) is 76.6 Å². The number of hydrogen-bond donors (Lipinski definition) is 3. The van der Waals surface area contributed by atoms with Gasteiger partial charge >= 0.3 is 0 Å². The summed E-state index contributed by atoms with van der Waals surface area (Å²) in [6.45, 7) is 0.0724. The van der Waals surface area contributed by atoms with Gasteiger partial charge in [0.25, 0.3) is 11.8 Å². The molecule has 11 nitrogen and oxygen atoms in total. The number of rotatable bonds is 7. The molecule has 0 saturated carbocycles. The number of nitriles is 1. The van der Waals surface area contributed by atoms with Crippen LogP contribution in [0, 0.1) is 11.3 Å². The van der Waals surface area contributed by atoms with Crippen LogP contribution in [0.5, 0.6) is 0 Å². The van der Waals surface area contributed by atoms with E-state index in [-0.39, 0.29) is 29.3 Å². The van der Waals surface area contributed by atoms with Gasteiger partial charge in [-0.3, -0.25) is 19.0 Å². The van der Waals surface area contributed by atoms with Crippen LogP contribution in [0.15, 0.2) is 70.9 Å². The maximum absolute atomic E-state index is 12.9. The summed E-state index contributed by atoms with van der Waals surface area (Å²) >= 11 is 1.23. The number of carbonyl (C=O) groups excluding carboxylic acids is 2. The number of amides is 2.